The van der Waals surface area contributed by atoms with Crippen molar-refractivity contribution in [1.82, 2.24) is 19.6 Å². The molecular formula is C7H6N6O4. The lowest BCUT2D eigenvalue weighted by atomic mass is 10.6. The van der Waals surface area contributed by atoms with E-state index in [0.29, 0.717) is 0 Å². The van der Waals surface area contributed by atoms with E-state index in [1.807, 2.05) is 0 Å². The molecule has 10 nitrogen and oxygen atoms in total. The molecule has 88 valence electrons. The molecule has 2 aromatic heterocycles. The Balaban J connectivity index is 2.13. The first kappa shape index (κ1) is 10.7. The topological polar surface area (TPSA) is 122 Å². The van der Waals surface area contributed by atoms with E-state index in [0.717, 1.165) is 12.4 Å². The Hall–Kier alpha value is -2.78. The van der Waals surface area contributed by atoms with Crippen LogP contribution in [0.3, 0.4) is 0 Å². The lowest BCUT2D eigenvalue weighted by molar-refractivity contribution is -0.385. The van der Waals surface area contributed by atoms with Gasteiger partial charge in [0.2, 0.25) is 0 Å². The Morgan fingerprint density at radius 2 is 1.41 bits per heavy atom. The fourth-order valence-electron chi connectivity index (χ4n) is 1.20. The van der Waals surface area contributed by atoms with Gasteiger partial charge in [-0.25, -0.2) is 9.36 Å². The van der Waals surface area contributed by atoms with Crippen molar-refractivity contribution < 1.29 is 9.85 Å². The molecule has 0 aliphatic heterocycles. The Morgan fingerprint density at radius 3 is 1.71 bits per heavy atom. The van der Waals surface area contributed by atoms with Crippen LogP contribution in [0.2, 0.25) is 0 Å². The van der Waals surface area contributed by atoms with Crippen molar-refractivity contribution in [3.05, 3.63) is 45.0 Å². The molecule has 0 spiro atoms. The van der Waals surface area contributed by atoms with Gasteiger partial charge in [0, 0.05) is 0 Å². The van der Waals surface area contributed by atoms with Crippen molar-refractivity contribution in [3.63, 3.8) is 0 Å². The Morgan fingerprint density at radius 1 is 1.00 bits per heavy atom. The summed E-state index contributed by atoms with van der Waals surface area (Å²) in [5, 5.41) is 28.3. The maximum absolute atomic E-state index is 10.4. The van der Waals surface area contributed by atoms with Crippen LogP contribution in [0.15, 0.2) is 24.8 Å². The summed E-state index contributed by atoms with van der Waals surface area (Å²) in [7, 11) is 0. The third kappa shape index (κ3) is 2.25. The molecule has 0 aromatic carbocycles. The number of nitro groups is 2. The summed E-state index contributed by atoms with van der Waals surface area (Å²) in [6, 6.07) is 0. The lowest BCUT2D eigenvalue weighted by Crippen LogP contribution is -2.08. The van der Waals surface area contributed by atoms with Gasteiger partial charge < -0.3 is 0 Å². The van der Waals surface area contributed by atoms with E-state index in [9.17, 15) is 20.2 Å². The minimum absolute atomic E-state index is 0.0711. The number of hydrogen-bond acceptors (Lipinski definition) is 6. The zero-order chi connectivity index (χ0) is 12.4. The summed E-state index contributed by atoms with van der Waals surface area (Å²) in [5.74, 6) is 0. The van der Waals surface area contributed by atoms with Crippen molar-refractivity contribution in [3.8, 4) is 0 Å². The third-order valence-corrected chi connectivity index (χ3v) is 1.95. The van der Waals surface area contributed by atoms with Crippen LogP contribution in [0.1, 0.15) is 0 Å². The van der Waals surface area contributed by atoms with Gasteiger partial charge in [-0.3, -0.25) is 20.2 Å². The predicted octanol–water partition coefficient (Wildman–Crippen LogP) is 0.402. The van der Waals surface area contributed by atoms with Crippen molar-refractivity contribution in [2.75, 3.05) is 0 Å². The van der Waals surface area contributed by atoms with Gasteiger partial charge in [0.05, 0.1) is 9.85 Å². The minimum Gasteiger partial charge on any atom is -0.258 e. The van der Waals surface area contributed by atoms with E-state index in [-0.39, 0.29) is 18.0 Å². The van der Waals surface area contributed by atoms with Crippen LogP contribution < -0.4 is 0 Å². The molecule has 0 saturated heterocycles. The Kier molecular flexibility index (Phi) is 2.52. The zero-order valence-corrected chi connectivity index (χ0v) is 8.33. The summed E-state index contributed by atoms with van der Waals surface area (Å²) in [4.78, 5) is 19.7. The van der Waals surface area contributed by atoms with Crippen LogP contribution in [-0.4, -0.2) is 29.4 Å². The van der Waals surface area contributed by atoms with Crippen molar-refractivity contribution in [2.24, 2.45) is 0 Å². The fourth-order valence-corrected chi connectivity index (χ4v) is 1.20. The second-order valence-electron chi connectivity index (χ2n) is 3.13. The molecule has 0 atom stereocenters. The van der Waals surface area contributed by atoms with Gasteiger partial charge in [0.1, 0.15) is 31.5 Å². The van der Waals surface area contributed by atoms with E-state index in [4.69, 9.17) is 0 Å². The highest BCUT2D eigenvalue weighted by Crippen LogP contribution is 2.10. The third-order valence-electron chi connectivity index (χ3n) is 1.95. The second kappa shape index (κ2) is 4.00. The quantitative estimate of drug-likeness (QED) is 0.561. The molecule has 17 heavy (non-hydrogen) atoms. The molecule has 10 heteroatoms. The maximum Gasteiger partial charge on any atom is 0.307 e. The molecule has 0 fully saturated rings. The zero-order valence-electron chi connectivity index (χ0n) is 8.33. The summed E-state index contributed by atoms with van der Waals surface area (Å²) in [6.07, 6.45) is 4.62. The predicted molar refractivity (Wildman–Crippen MR) is 53.2 cm³/mol. The molecule has 0 aliphatic rings. The van der Waals surface area contributed by atoms with E-state index in [1.165, 1.54) is 21.8 Å². The monoisotopic (exact) mass is 238 g/mol. The van der Waals surface area contributed by atoms with Crippen LogP contribution in [0.5, 0.6) is 0 Å². The Labute approximate surface area is 93.4 Å². The van der Waals surface area contributed by atoms with Crippen LogP contribution in [0, 0.1) is 20.2 Å². The van der Waals surface area contributed by atoms with Gasteiger partial charge in [-0.15, -0.1) is 0 Å². The van der Waals surface area contributed by atoms with Crippen LogP contribution >= 0.6 is 0 Å². The first-order valence-electron chi connectivity index (χ1n) is 4.40. The highest BCUT2D eigenvalue weighted by molar-refractivity contribution is 5.22. The molecule has 0 radical (unpaired) electrons. The average Bonchev–Trinajstić information content (AvgIpc) is 2.87. The molecular weight excluding hydrogens is 232 g/mol. The first-order chi connectivity index (χ1) is 8.06. The number of nitrogens with zero attached hydrogens (tertiary/aromatic N) is 6. The molecule has 0 amide bonds. The minimum atomic E-state index is -0.574. The molecule has 2 aromatic rings. The normalized spacial score (nSPS) is 10.4. The summed E-state index contributed by atoms with van der Waals surface area (Å²) >= 11 is 0. The van der Waals surface area contributed by atoms with Gasteiger partial charge in [-0.2, -0.15) is 10.2 Å². The smallest absolute Gasteiger partial charge is 0.258 e. The molecule has 2 heterocycles. The molecule has 0 saturated carbocycles. The molecule has 0 aliphatic carbocycles. The van der Waals surface area contributed by atoms with Gasteiger partial charge in [0.25, 0.3) is 0 Å². The summed E-state index contributed by atoms with van der Waals surface area (Å²) in [5.41, 5.74) is -0.293. The van der Waals surface area contributed by atoms with Crippen LogP contribution in [0.25, 0.3) is 0 Å². The maximum atomic E-state index is 10.4. The molecule has 0 bridgehead atoms. The van der Waals surface area contributed by atoms with E-state index >= 15 is 0 Å². The van der Waals surface area contributed by atoms with Gasteiger partial charge in [-0.1, -0.05) is 0 Å². The van der Waals surface area contributed by atoms with E-state index < -0.39 is 9.85 Å². The molecule has 0 N–H and O–H groups in total. The highest BCUT2D eigenvalue weighted by Gasteiger charge is 2.11. The summed E-state index contributed by atoms with van der Waals surface area (Å²) < 4.78 is 2.52. The molecule has 0 unspecified atom stereocenters. The lowest BCUT2D eigenvalue weighted by Gasteiger charge is -1.98. The first-order valence-corrected chi connectivity index (χ1v) is 4.40. The van der Waals surface area contributed by atoms with E-state index in [2.05, 4.69) is 10.2 Å². The van der Waals surface area contributed by atoms with Crippen molar-refractivity contribution in [2.45, 2.75) is 6.67 Å². The van der Waals surface area contributed by atoms with Gasteiger partial charge >= 0.3 is 11.4 Å². The fraction of sp³-hybridized carbons (Fsp3) is 0.143. The summed E-state index contributed by atoms with van der Waals surface area (Å²) in [6.45, 7) is 0.0711. The number of rotatable bonds is 4. The van der Waals surface area contributed by atoms with Gasteiger partial charge in [0.15, 0.2) is 0 Å². The van der Waals surface area contributed by atoms with Gasteiger partial charge in [-0.05, 0) is 0 Å². The second-order valence-corrected chi connectivity index (χ2v) is 3.13. The Bertz CT molecular complexity index is 522. The van der Waals surface area contributed by atoms with E-state index in [1.54, 1.807) is 0 Å². The standard InChI is InChI=1S/C7H6N6O4/c14-12(15)6-1-8-10(3-6)5-11-4-7(2-9-11)13(16)17/h1-4H,5H2. The van der Waals surface area contributed by atoms with Crippen LogP contribution in [-0.2, 0) is 6.67 Å². The largest absolute Gasteiger partial charge is 0.307 e. The number of hydrogen-bond donors (Lipinski definition) is 0. The van der Waals surface area contributed by atoms with Crippen LogP contribution in [0.4, 0.5) is 11.4 Å². The van der Waals surface area contributed by atoms with Crippen molar-refractivity contribution in [1.29, 1.82) is 0 Å². The molecule has 2 rings (SSSR count). The van der Waals surface area contributed by atoms with Crippen molar-refractivity contribution >= 4 is 11.4 Å². The number of aromatic nitrogens is 4. The highest BCUT2D eigenvalue weighted by atomic mass is 16.6. The SMILES string of the molecule is O=[N+]([O-])c1cnn(Cn2cc([N+](=O)[O-])cn2)c1. The average molecular weight is 238 g/mol.